The third-order valence-electron chi connectivity index (χ3n) is 2.49. The SMILES string of the molecule is COc1cnn(C)c1C(=O)c1cccc(N)c1. The van der Waals surface area contributed by atoms with Crippen molar-refractivity contribution in [1.29, 1.82) is 0 Å². The zero-order valence-electron chi connectivity index (χ0n) is 9.68. The lowest BCUT2D eigenvalue weighted by Crippen LogP contribution is -2.09. The fourth-order valence-corrected chi connectivity index (χ4v) is 1.64. The van der Waals surface area contributed by atoms with Gasteiger partial charge in [-0.05, 0) is 12.1 Å². The Morgan fingerprint density at radius 3 is 2.88 bits per heavy atom. The second-order valence-corrected chi connectivity index (χ2v) is 3.64. The van der Waals surface area contributed by atoms with Crippen LogP contribution in [0.3, 0.4) is 0 Å². The lowest BCUT2D eigenvalue weighted by molar-refractivity contribution is 0.102. The molecule has 0 bridgehead atoms. The first-order valence-corrected chi connectivity index (χ1v) is 5.09. The molecule has 5 heteroatoms. The maximum atomic E-state index is 12.3. The first-order valence-electron chi connectivity index (χ1n) is 5.09. The number of aromatic nitrogens is 2. The molecule has 2 aromatic rings. The molecule has 0 fully saturated rings. The number of hydrogen-bond acceptors (Lipinski definition) is 4. The Balaban J connectivity index is 2.47. The maximum Gasteiger partial charge on any atom is 0.214 e. The van der Waals surface area contributed by atoms with Crippen molar-refractivity contribution < 1.29 is 9.53 Å². The highest BCUT2D eigenvalue weighted by Gasteiger charge is 2.19. The van der Waals surface area contributed by atoms with Gasteiger partial charge in [0.25, 0.3) is 0 Å². The zero-order valence-corrected chi connectivity index (χ0v) is 9.68. The molecule has 0 aliphatic carbocycles. The van der Waals surface area contributed by atoms with Gasteiger partial charge in [0.15, 0.2) is 11.4 Å². The van der Waals surface area contributed by atoms with Gasteiger partial charge in [0.1, 0.15) is 0 Å². The number of ketones is 1. The molecule has 0 unspecified atom stereocenters. The molecule has 0 radical (unpaired) electrons. The largest absolute Gasteiger partial charge is 0.493 e. The Morgan fingerprint density at radius 2 is 2.24 bits per heavy atom. The summed E-state index contributed by atoms with van der Waals surface area (Å²) in [6.45, 7) is 0. The van der Waals surface area contributed by atoms with Crippen LogP contribution in [0.5, 0.6) is 5.75 Å². The number of ether oxygens (including phenoxy) is 1. The summed E-state index contributed by atoms with van der Waals surface area (Å²) in [6, 6.07) is 6.82. The average molecular weight is 231 g/mol. The highest BCUT2D eigenvalue weighted by atomic mass is 16.5. The molecule has 2 rings (SSSR count). The normalized spacial score (nSPS) is 10.2. The Morgan fingerprint density at radius 1 is 1.47 bits per heavy atom. The van der Waals surface area contributed by atoms with Gasteiger partial charge in [0.2, 0.25) is 5.78 Å². The van der Waals surface area contributed by atoms with Gasteiger partial charge in [-0.1, -0.05) is 12.1 Å². The molecule has 0 aliphatic rings. The van der Waals surface area contributed by atoms with Gasteiger partial charge in [-0.25, -0.2) is 0 Å². The summed E-state index contributed by atoms with van der Waals surface area (Å²) in [7, 11) is 3.20. The average Bonchev–Trinajstić information content (AvgIpc) is 2.69. The van der Waals surface area contributed by atoms with Gasteiger partial charge in [-0.3, -0.25) is 9.48 Å². The summed E-state index contributed by atoms with van der Waals surface area (Å²) < 4.78 is 6.59. The van der Waals surface area contributed by atoms with Crippen LogP contribution in [-0.2, 0) is 7.05 Å². The maximum absolute atomic E-state index is 12.3. The number of anilines is 1. The Hall–Kier alpha value is -2.30. The molecule has 0 amide bonds. The minimum atomic E-state index is -0.158. The number of rotatable bonds is 3. The van der Waals surface area contributed by atoms with E-state index < -0.39 is 0 Å². The van der Waals surface area contributed by atoms with E-state index in [9.17, 15) is 4.79 Å². The standard InChI is InChI=1S/C12H13N3O2/c1-15-11(10(17-2)7-14-15)12(16)8-4-3-5-9(13)6-8/h3-7H,13H2,1-2H3. The van der Waals surface area contributed by atoms with Crippen molar-refractivity contribution in [2.75, 3.05) is 12.8 Å². The molecule has 5 nitrogen and oxygen atoms in total. The van der Waals surface area contributed by atoms with Gasteiger partial charge in [-0.15, -0.1) is 0 Å². The van der Waals surface area contributed by atoms with Crippen LogP contribution in [0.4, 0.5) is 5.69 Å². The van der Waals surface area contributed by atoms with Gasteiger partial charge < -0.3 is 10.5 Å². The molecule has 0 saturated heterocycles. The van der Waals surface area contributed by atoms with E-state index in [4.69, 9.17) is 10.5 Å². The molecule has 1 aromatic heterocycles. The Bertz CT molecular complexity index is 561. The first-order chi connectivity index (χ1) is 8.13. The molecular weight excluding hydrogens is 218 g/mol. The third-order valence-corrected chi connectivity index (χ3v) is 2.49. The Labute approximate surface area is 98.8 Å². The minimum absolute atomic E-state index is 0.158. The van der Waals surface area contributed by atoms with Gasteiger partial charge in [-0.2, -0.15) is 5.10 Å². The predicted molar refractivity (Wildman–Crippen MR) is 64.0 cm³/mol. The van der Waals surface area contributed by atoms with Gasteiger partial charge in [0, 0.05) is 18.3 Å². The molecular formula is C12H13N3O2. The number of carbonyl (C=O) groups excluding carboxylic acids is 1. The molecule has 1 aromatic carbocycles. The third kappa shape index (κ3) is 1.99. The van der Waals surface area contributed by atoms with Crippen LogP contribution in [0.25, 0.3) is 0 Å². The predicted octanol–water partition coefficient (Wildman–Crippen LogP) is 1.24. The van der Waals surface area contributed by atoms with E-state index in [1.54, 1.807) is 31.3 Å². The molecule has 88 valence electrons. The number of benzene rings is 1. The van der Waals surface area contributed by atoms with Crippen molar-refractivity contribution >= 4 is 11.5 Å². The van der Waals surface area contributed by atoms with E-state index in [0.717, 1.165) is 0 Å². The van der Waals surface area contributed by atoms with Crippen LogP contribution >= 0.6 is 0 Å². The number of carbonyl (C=O) groups is 1. The van der Waals surface area contributed by atoms with Crippen molar-refractivity contribution in [3.05, 3.63) is 41.7 Å². The highest BCUT2D eigenvalue weighted by molar-refractivity contribution is 6.09. The minimum Gasteiger partial charge on any atom is -0.493 e. The van der Waals surface area contributed by atoms with Gasteiger partial charge in [0.05, 0.1) is 13.3 Å². The number of methoxy groups -OCH3 is 1. The summed E-state index contributed by atoms with van der Waals surface area (Å²) in [4.78, 5) is 12.3. The van der Waals surface area contributed by atoms with Crippen LogP contribution in [0.1, 0.15) is 16.1 Å². The molecule has 17 heavy (non-hydrogen) atoms. The lowest BCUT2D eigenvalue weighted by atomic mass is 10.1. The number of aryl methyl sites for hydroxylation is 1. The lowest BCUT2D eigenvalue weighted by Gasteiger charge is -2.05. The van der Waals surface area contributed by atoms with E-state index >= 15 is 0 Å². The topological polar surface area (TPSA) is 70.1 Å². The molecule has 0 atom stereocenters. The van der Waals surface area contributed by atoms with Gasteiger partial charge >= 0.3 is 0 Å². The summed E-state index contributed by atoms with van der Waals surface area (Å²) >= 11 is 0. The Kier molecular flexibility index (Phi) is 2.82. The van der Waals surface area contributed by atoms with Crippen molar-refractivity contribution in [3.63, 3.8) is 0 Å². The quantitative estimate of drug-likeness (QED) is 0.637. The molecule has 0 saturated carbocycles. The van der Waals surface area contributed by atoms with Crippen LogP contribution in [0.2, 0.25) is 0 Å². The van der Waals surface area contributed by atoms with Crippen molar-refractivity contribution in [1.82, 2.24) is 9.78 Å². The smallest absolute Gasteiger partial charge is 0.214 e. The molecule has 1 heterocycles. The van der Waals surface area contributed by atoms with Crippen LogP contribution in [0, 0.1) is 0 Å². The first kappa shape index (κ1) is 11.2. The van der Waals surface area contributed by atoms with E-state index in [-0.39, 0.29) is 5.78 Å². The number of hydrogen-bond donors (Lipinski definition) is 1. The summed E-state index contributed by atoms with van der Waals surface area (Å²) in [5, 5.41) is 4.00. The number of nitrogens with zero attached hydrogens (tertiary/aromatic N) is 2. The van der Waals surface area contributed by atoms with Crippen LogP contribution in [0.15, 0.2) is 30.5 Å². The molecule has 0 spiro atoms. The molecule has 0 aliphatic heterocycles. The van der Waals surface area contributed by atoms with E-state index in [1.165, 1.54) is 18.0 Å². The highest BCUT2D eigenvalue weighted by Crippen LogP contribution is 2.21. The number of nitrogen functional groups attached to an aromatic ring is 1. The molecule has 2 N–H and O–H groups in total. The van der Waals surface area contributed by atoms with E-state index in [0.29, 0.717) is 22.7 Å². The fraction of sp³-hybridized carbons (Fsp3) is 0.167. The summed E-state index contributed by atoms with van der Waals surface area (Å²) in [6.07, 6.45) is 1.51. The van der Waals surface area contributed by atoms with Crippen molar-refractivity contribution in [2.45, 2.75) is 0 Å². The second kappa shape index (κ2) is 4.29. The van der Waals surface area contributed by atoms with E-state index in [1.807, 2.05) is 0 Å². The fourth-order valence-electron chi connectivity index (χ4n) is 1.64. The van der Waals surface area contributed by atoms with Crippen LogP contribution < -0.4 is 10.5 Å². The monoisotopic (exact) mass is 231 g/mol. The van der Waals surface area contributed by atoms with Crippen molar-refractivity contribution in [2.24, 2.45) is 7.05 Å². The number of nitrogens with two attached hydrogens (primary N) is 1. The second-order valence-electron chi connectivity index (χ2n) is 3.64. The van der Waals surface area contributed by atoms with Crippen LogP contribution in [-0.4, -0.2) is 22.7 Å². The van der Waals surface area contributed by atoms with Crippen molar-refractivity contribution in [3.8, 4) is 5.75 Å². The summed E-state index contributed by atoms with van der Waals surface area (Å²) in [5.74, 6) is 0.300. The zero-order chi connectivity index (χ0) is 12.4. The summed E-state index contributed by atoms with van der Waals surface area (Å²) in [5.41, 5.74) is 7.14. The van der Waals surface area contributed by atoms with E-state index in [2.05, 4.69) is 5.10 Å².